The summed E-state index contributed by atoms with van der Waals surface area (Å²) in [6, 6.07) is 11.1. The van der Waals surface area contributed by atoms with Crippen molar-refractivity contribution >= 4 is 0 Å². The molecule has 0 aliphatic heterocycles. The van der Waals surface area contributed by atoms with E-state index in [0.717, 1.165) is 25.9 Å². The first-order valence-electron chi connectivity index (χ1n) is 6.64. The zero-order chi connectivity index (χ0) is 12.6. The van der Waals surface area contributed by atoms with Crippen molar-refractivity contribution in [2.75, 3.05) is 6.54 Å². The zero-order valence-electron chi connectivity index (χ0n) is 10.9. The maximum atomic E-state index is 4.04. The minimum Gasteiger partial charge on any atom is -0.337 e. The van der Waals surface area contributed by atoms with Crippen LogP contribution in [0.25, 0.3) is 0 Å². The van der Waals surface area contributed by atoms with Crippen LogP contribution >= 0.6 is 0 Å². The van der Waals surface area contributed by atoms with E-state index in [2.05, 4.69) is 52.1 Å². The van der Waals surface area contributed by atoms with Crippen molar-refractivity contribution in [3.8, 4) is 0 Å². The van der Waals surface area contributed by atoms with E-state index in [1.807, 2.05) is 18.7 Å². The second kappa shape index (κ2) is 6.97. The Morgan fingerprint density at radius 3 is 2.78 bits per heavy atom. The maximum Gasteiger partial charge on any atom is 0.0945 e. The topological polar surface area (TPSA) is 29.9 Å². The first-order valence-corrected chi connectivity index (χ1v) is 6.64. The number of imidazole rings is 1. The van der Waals surface area contributed by atoms with Crippen LogP contribution < -0.4 is 5.32 Å². The molecule has 96 valence electrons. The molecule has 3 heteroatoms. The SMILES string of the molecule is CCC(NCCCn1ccnc1)c1ccccc1. The van der Waals surface area contributed by atoms with Gasteiger partial charge in [-0.2, -0.15) is 0 Å². The highest BCUT2D eigenvalue weighted by Crippen LogP contribution is 2.15. The molecule has 0 aliphatic rings. The number of benzene rings is 1. The van der Waals surface area contributed by atoms with Crippen molar-refractivity contribution < 1.29 is 0 Å². The fourth-order valence-electron chi connectivity index (χ4n) is 2.14. The number of hydrogen-bond acceptors (Lipinski definition) is 2. The van der Waals surface area contributed by atoms with Gasteiger partial charge in [-0.1, -0.05) is 37.3 Å². The molecule has 0 bridgehead atoms. The molecule has 1 aromatic carbocycles. The summed E-state index contributed by atoms with van der Waals surface area (Å²) in [6.45, 7) is 4.28. The quantitative estimate of drug-likeness (QED) is 0.758. The lowest BCUT2D eigenvalue weighted by Crippen LogP contribution is -2.22. The van der Waals surface area contributed by atoms with E-state index >= 15 is 0 Å². The van der Waals surface area contributed by atoms with Crippen LogP contribution in [0.2, 0.25) is 0 Å². The molecule has 0 radical (unpaired) electrons. The summed E-state index contributed by atoms with van der Waals surface area (Å²) >= 11 is 0. The average molecular weight is 243 g/mol. The molecule has 0 fully saturated rings. The molecule has 1 unspecified atom stereocenters. The van der Waals surface area contributed by atoms with Crippen molar-refractivity contribution in [3.05, 3.63) is 54.6 Å². The number of aromatic nitrogens is 2. The highest BCUT2D eigenvalue weighted by atomic mass is 15.0. The molecule has 0 amide bonds. The minimum atomic E-state index is 0.467. The van der Waals surface area contributed by atoms with Gasteiger partial charge in [-0.05, 0) is 24.9 Å². The molecule has 1 atom stereocenters. The van der Waals surface area contributed by atoms with Gasteiger partial charge in [0.25, 0.3) is 0 Å². The molecule has 0 saturated heterocycles. The monoisotopic (exact) mass is 243 g/mol. The summed E-state index contributed by atoms with van der Waals surface area (Å²) in [5.41, 5.74) is 1.38. The highest BCUT2D eigenvalue weighted by molar-refractivity contribution is 5.18. The Morgan fingerprint density at radius 1 is 1.28 bits per heavy atom. The summed E-state index contributed by atoms with van der Waals surface area (Å²) in [4.78, 5) is 4.04. The van der Waals surface area contributed by atoms with Crippen LogP contribution in [0.15, 0.2) is 49.1 Å². The predicted octanol–water partition coefficient (Wildman–Crippen LogP) is 3.01. The van der Waals surface area contributed by atoms with E-state index in [9.17, 15) is 0 Å². The Kier molecular flexibility index (Phi) is 4.97. The highest BCUT2D eigenvalue weighted by Gasteiger charge is 2.06. The Balaban J connectivity index is 1.74. The van der Waals surface area contributed by atoms with Gasteiger partial charge in [0.05, 0.1) is 6.33 Å². The molecule has 1 aromatic heterocycles. The van der Waals surface area contributed by atoms with E-state index in [0.29, 0.717) is 6.04 Å². The molecule has 1 N–H and O–H groups in total. The molecule has 0 aliphatic carbocycles. The van der Waals surface area contributed by atoms with Crippen LogP contribution in [-0.4, -0.2) is 16.1 Å². The van der Waals surface area contributed by atoms with Crippen molar-refractivity contribution in [3.63, 3.8) is 0 Å². The number of hydrogen-bond donors (Lipinski definition) is 1. The van der Waals surface area contributed by atoms with Crippen LogP contribution in [0.4, 0.5) is 0 Å². The molecule has 2 aromatic rings. The summed E-state index contributed by atoms with van der Waals surface area (Å²) < 4.78 is 2.12. The predicted molar refractivity (Wildman–Crippen MR) is 74.3 cm³/mol. The fourth-order valence-corrected chi connectivity index (χ4v) is 2.14. The van der Waals surface area contributed by atoms with Gasteiger partial charge < -0.3 is 9.88 Å². The second-order valence-corrected chi connectivity index (χ2v) is 4.48. The van der Waals surface area contributed by atoms with Gasteiger partial charge in [0.1, 0.15) is 0 Å². The van der Waals surface area contributed by atoms with Crippen LogP contribution in [-0.2, 0) is 6.54 Å². The minimum absolute atomic E-state index is 0.467. The van der Waals surface area contributed by atoms with E-state index in [1.54, 1.807) is 0 Å². The normalized spacial score (nSPS) is 12.5. The van der Waals surface area contributed by atoms with E-state index in [1.165, 1.54) is 5.56 Å². The number of aryl methyl sites for hydroxylation is 1. The van der Waals surface area contributed by atoms with E-state index in [-0.39, 0.29) is 0 Å². The first-order chi connectivity index (χ1) is 8.90. The summed E-state index contributed by atoms with van der Waals surface area (Å²) in [5.74, 6) is 0. The average Bonchev–Trinajstić information content (AvgIpc) is 2.93. The van der Waals surface area contributed by atoms with Crippen molar-refractivity contribution in [2.24, 2.45) is 0 Å². The van der Waals surface area contributed by atoms with Gasteiger partial charge in [-0.15, -0.1) is 0 Å². The number of nitrogens with zero attached hydrogens (tertiary/aromatic N) is 2. The molecule has 0 spiro atoms. The van der Waals surface area contributed by atoms with Gasteiger partial charge in [-0.25, -0.2) is 4.98 Å². The molecular weight excluding hydrogens is 222 g/mol. The second-order valence-electron chi connectivity index (χ2n) is 4.48. The van der Waals surface area contributed by atoms with Crippen LogP contribution in [0.1, 0.15) is 31.4 Å². The lowest BCUT2D eigenvalue weighted by atomic mass is 10.0. The third-order valence-electron chi connectivity index (χ3n) is 3.15. The smallest absolute Gasteiger partial charge is 0.0945 e. The molecule has 1 heterocycles. The lowest BCUT2D eigenvalue weighted by Gasteiger charge is -2.17. The standard InChI is InChI=1S/C15H21N3/c1-2-15(14-7-4-3-5-8-14)17-9-6-11-18-12-10-16-13-18/h3-5,7-8,10,12-13,15,17H,2,6,9,11H2,1H3. The first kappa shape index (κ1) is 12.8. The zero-order valence-corrected chi connectivity index (χ0v) is 10.9. The van der Waals surface area contributed by atoms with Gasteiger partial charge in [0.15, 0.2) is 0 Å². The summed E-state index contributed by atoms with van der Waals surface area (Å²) in [5, 5.41) is 3.61. The maximum absolute atomic E-state index is 4.04. The Bertz CT molecular complexity index is 422. The van der Waals surface area contributed by atoms with Gasteiger partial charge in [-0.3, -0.25) is 0 Å². The molecule has 3 nitrogen and oxygen atoms in total. The molecular formula is C15H21N3. The largest absolute Gasteiger partial charge is 0.337 e. The van der Waals surface area contributed by atoms with Gasteiger partial charge >= 0.3 is 0 Å². The third kappa shape index (κ3) is 3.70. The summed E-state index contributed by atoms with van der Waals surface area (Å²) in [7, 11) is 0. The third-order valence-corrected chi connectivity index (χ3v) is 3.15. The molecule has 2 rings (SSSR count). The van der Waals surface area contributed by atoms with Crippen LogP contribution in [0, 0.1) is 0 Å². The van der Waals surface area contributed by atoms with Gasteiger partial charge in [0.2, 0.25) is 0 Å². The van der Waals surface area contributed by atoms with Gasteiger partial charge in [0, 0.05) is 25.0 Å². The van der Waals surface area contributed by atoms with Crippen molar-refractivity contribution in [1.82, 2.24) is 14.9 Å². The molecule has 0 saturated carbocycles. The Labute approximate surface area is 109 Å². The number of rotatable bonds is 7. The Morgan fingerprint density at radius 2 is 2.11 bits per heavy atom. The van der Waals surface area contributed by atoms with Crippen molar-refractivity contribution in [1.29, 1.82) is 0 Å². The van der Waals surface area contributed by atoms with Crippen LogP contribution in [0.5, 0.6) is 0 Å². The van der Waals surface area contributed by atoms with E-state index in [4.69, 9.17) is 0 Å². The Hall–Kier alpha value is -1.61. The molecule has 18 heavy (non-hydrogen) atoms. The number of nitrogens with one attached hydrogen (secondary N) is 1. The fraction of sp³-hybridized carbons (Fsp3) is 0.400. The van der Waals surface area contributed by atoms with Crippen molar-refractivity contribution in [2.45, 2.75) is 32.4 Å². The summed E-state index contributed by atoms with van der Waals surface area (Å²) in [6.07, 6.45) is 7.95. The van der Waals surface area contributed by atoms with E-state index < -0.39 is 0 Å². The lowest BCUT2D eigenvalue weighted by molar-refractivity contribution is 0.491. The van der Waals surface area contributed by atoms with Crippen LogP contribution in [0.3, 0.4) is 0 Å².